The summed E-state index contributed by atoms with van der Waals surface area (Å²) < 4.78 is 0. The van der Waals surface area contributed by atoms with Crippen molar-refractivity contribution in [2.45, 2.75) is 6.32 Å². The van der Waals surface area contributed by atoms with Gasteiger partial charge in [-0.25, -0.2) is 0 Å². The van der Waals surface area contributed by atoms with Crippen LogP contribution < -0.4 is 0 Å². The van der Waals surface area contributed by atoms with Crippen molar-refractivity contribution in [1.29, 1.82) is 0 Å². The topological polar surface area (TPSA) is 48.8 Å². The molecule has 0 aliphatic heterocycles. The lowest BCUT2D eigenvalue weighted by molar-refractivity contribution is 1.37. The minimum Gasteiger partial charge on any atom is -0.0608 e. The quantitative estimate of drug-likeness (QED) is 0.263. The smallest absolute Gasteiger partial charge is 0.0608 e. The Morgan fingerprint density at radius 2 is 2.00 bits per heavy atom. The molecule has 0 N–H and O–H groups in total. The fraction of sp³-hybridized carbons (Fsp3) is 0.143. The average molecular weight is 145 g/mol. The van der Waals surface area contributed by atoms with E-state index in [2.05, 4.69) is 17.9 Å². The molecular formula is C7H8BN3. The maximum Gasteiger partial charge on any atom is 0.107 e. The van der Waals surface area contributed by atoms with Gasteiger partial charge in [-0.2, -0.15) is 0 Å². The summed E-state index contributed by atoms with van der Waals surface area (Å²) in [6.45, 7) is 0. The van der Waals surface area contributed by atoms with Gasteiger partial charge in [0.2, 0.25) is 0 Å². The number of nitrogens with zero attached hydrogens (tertiary/aromatic N) is 3. The van der Waals surface area contributed by atoms with E-state index in [0.717, 1.165) is 6.32 Å². The Labute approximate surface area is 66.1 Å². The van der Waals surface area contributed by atoms with Crippen LogP contribution in [0.5, 0.6) is 0 Å². The number of azide groups is 1. The molecule has 0 unspecified atom stereocenters. The van der Waals surface area contributed by atoms with Crippen molar-refractivity contribution in [1.82, 2.24) is 0 Å². The van der Waals surface area contributed by atoms with E-state index in [4.69, 9.17) is 5.53 Å². The molecule has 0 bridgehead atoms. The highest BCUT2D eigenvalue weighted by Gasteiger charge is 1.88. The summed E-state index contributed by atoms with van der Waals surface area (Å²) in [5, 5.41) is 3.46. The van der Waals surface area contributed by atoms with Crippen LogP contribution in [0, 0.1) is 0 Å². The first kappa shape index (κ1) is 7.70. The van der Waals surface area contributed by atoms with Gasteiger partial charge < -0.3 is 0 Å². The van der Waals surface area contributed by atoms with Gasteiger partial charge >= 0.3 is 0 Å². The van der Waals surface area contributed by atoms with Crippen molar-refractivity contribution < 1.29 is 0 Å². The zero-order valence-electron chi connectivity index (χ0n) is 6.36. The summed E-state index contributed by atoms with van der Waals surface area (Å²) in [4.78, 5) is 2.69. The van der Waals surface area contributed by atoms with E-state index in [0.29, 0.717) is 5.69 Å². The maximum atomic E-state index is 8.10. The van der Waals surface area contributed by atoms with Gasteiger partial charge in [-0.1, -0.05) is 41.3 Å². The summed E-state index contributed by atoms with van der Waals surface area (Å²) in [6.07, 6.45) is 1.01. The predicted molar refractivity (Wildman–Crippen MR) is 47.5 cm³/mol. The number of hydrogen-bond donors (Lipinski definition) is 0. The molecule has 0 saturated heterocycles. The largest absolute Gasteiger partial charge is 0.107 e. The van der Waals surface area contributed by atoms with Gasteiger partial charge in [0.1, 0.15) is 7.85 Å². The van der Waals surface area contributed by atoms with Crippen LogP contribution in [-0.4, -0.2) is 7.85 Å². The zero-order valence-corrected chi connectivity index (χ0v) is 6.36. The minimum absolute atomic E-state index is 0.671. The molecule has 0 aliphatic rings. The summed E-state index contributed by atoms with van der Waals surface area (Å²) >= 11 is 0. The van der Waals surface area contributed by atoms with Gasteiger partial charge in [0.15, 0.2) is 0 Å². The summed E-state index contributed by atoms with van der Waals surface area (Å²) in [7, 11) is 2.09. The van der Waals surface area contributed by atoms with Crippen LogP contribution in [0.2, 0.25) is 0 Å². The Morgan fingerprint density at radius 1 is 1.36 bits per heavy atom. The van der Waals surface area contributed by atoms with Crippen LogP contribution in [0.1, 0.15) is 5.56 Å². The van der Waals surface area contributed by atoms with E-state index in [9.17, 15) is 0 Å². The van der Waals surface area contributed by atoms with E-state index >= 15 is 0 Å². The standard InChI is InChI=1S/C7H8BN3/c8-5-6-1-3-7(4-2-6)10-11-9/h1-4H,5,8H2. The molecule has 54 valence electrons. The molecule has 0 heterocycles. The Balaban J connectivity index is 2.91. The minimum atomic E-state index is 0.671. The molecule has 11 heavy (non-hydrogen) atoms. The average Bonchev–Trinajstić information content (AvgIpc) is 2.07. The Morgan fingerprint density at radius 3 is 2.45 bits per heavy atom. The number of benzene rings is 1. The predicted octanol–water partition coefficient (Wildman–Crippen LogP) is 1.76. The molecule has 0 spiro atoms. The van der Waals surface area contributed by atoms with Crippen LogP contribution in [0.3, 0.4) is 0 Å². The first-order valence-electron chi connectivity index (χ1n) is 3.51. The van der Waals surface area contributed by atoms with Crippen LogP contribution in [-0.2, 0) is 6.32 Å². The van der Waals surface area contributed by atoms with Crippen molar-refractivity contribution in [2.24, 2.45) is 5.11 Å². The molecule has 1 aromatic carbocycles. The SMILES string of the molecule is BCc1ccc(N=[N+]=[N-])cc1. The first-order chi connectivity index (χ1) is 5.36. The van der Waals surface area contributed by atoms with E-state index in [1.54, 1.807) is 0 Å². The Hall–Kier alpha value is -1.41. The molecule has 1 aromatic rings. The molecule has 0 aromatic heterocycles. The van der Waals surface area contributed by atoms with Crippen molar-refractivity contribution in [3.05, 3.63) is 40.3 Å². The van der Waals surface area contributed by atoms with Crippen molar-refractivity contribution in [3.63, 3.8) is 0 Å². The lowest BCUT2D eigenvalue weighted by Gasteiger charge is -1.94. The fourth-order valence-electron chi connectivity index (χ4n) is 0.850. The molecule has 0 radical (unpaired) electrons. The molecule has 0 amide bonds. The van der Waals surface area contributed by atoms with Gasteiger partial charge in [0.25, 0.3) is 0 Å². The van der Waals surface area contributed by atoms with E-state index in [-0.39, 0.29) is 0 Å². The summed E-state index contributed by atoms with van der Waals surface area (Å²) in [5.41, 5.74) is 10.0. The van der Waals surface area contributed by atoms with Gasteiger partial charge in [0, 0.05) is 10.6 Å². The lowest BCUT2D eigenvalue weighted by Crippen LogP contribution is -1.79. The summed E-state index contributed by atoms with van der Waals surface area (Å²) in [6, 6.07) is 7.56. The molecule has 4 heteroatoms. The van der Waals surface area contributed by atoms with Crippen molar-refractivity contribution in [2.75, 3.05) is 0 Å². The highest BCUT2D eigenvalue weighted by atomic mass is 15.1. The Bertz CT molecular complexity index is 274. The zero-order chi connectivity index (χ0) is 8.10. The second-order valence-electron chi connectivity index (χ2n) is 2.21. The fourth-order valence-corrected chi connectivity index (χ4v) is 0.850. The highest BCUT2D eigenvalue weighted by Crippen LogP contribution is 2.12. The highest BCUT2D eigenvalue weighted by molar-refractivity contribution is 6.08. The van der Waals surface area contributed by atoms with Gasteiger partial charge in [-0.15, -0.1) is 0 Å². The Kier molecular flexibility index (Phi) is 2.58. The third kappa shape index (κ3) is 2.02. The normalized spacial score (nSPS) is 8.73. The van der Waals surface area contributed by atoms with E-state index in [1.165, 1.54) is 5.56 Å². The number of rotatable bonds is 2. The molecule has 0 saturated carbocycles. The molecule has 1 rings (SSSR count). The van der Waals surface area contributed by atoms with Gasteiger partial charge in [0.05, 0.1) is 0 Å². The molecule has 0 atom stereocenters. The molecular weight excluding hydrogens is 137 g/mol. The maximum absolute atomic E-state index is 8.10. The van der Waals surface area contributed by atoms with Gasteiger partial charge in [-0.05, 0) is 5.53 Å². The van der Waals surface area contributed by atoms with Crippen LogP contribution >= 0.6 is 0 Å². The van der Waals surface area contributed by atoms with Crippen molar-refractivity contribution >= 4 is 13.5 Å². The molecule has 3 nitrogen and oxygen atoms in total. The van der Waals surface area contributed by atoms with Crippen LogP contribution in [0.4, 0.5) is 5.69 Å². The van der Waals surface area contributed by atoms with Crippen LogP contribution in [0.15, 0.2) is 29.4 Å². The van der Waals surface area contributed by atoms with Crippen LogP contribution in [0.25, 0.3) is 10.4 Å². The lowest BCUT2D eigenvalue weighted by atomic mass is 9.97. The second-order valence-corrected chi connectivity index (χ2v) is 2.21. The van der Waals surface area contributed by atoms with Crippen molar-refractivity contribution in [3.8, 4) is 0 Å². The van der Waals surface area contributed by atoms with E-state index < -0.39 is 0 Å². The third-order valence-electron chi connectivity index (χ3n) is 1.50. The van der Waals surface area contributed by atoms with E-state index in [1.807, 2.05) is 24.3 Å². The first-order valence-corrected chi connectivity index (χ1v) is 3.51. The third-order valence-corrected chi connectivity index (χ3v) is 1.50. The molecule has 0 fully saturated rings. The number of hydrogen-bond acceptors (Lipinski definition) is 1. The molecule has 0 aliphatic carbocycles. The summed E-state index contributed by atoms with van der Waals surface area (Å²) in [5.74, 6) is 0. The van der Waals surface area contributed by atoms with Gasteiger partial charge in [-0.3, -0.25) is 0 Å². The monoisotopic (exact) mass is 145 g/mol. The second kappa shape index (κ2) is 3.69.